The maximum absolute atomic E-state index is 10.8. The Morgan fingerprint density at radius 3 is 2.82 bits per heavy atom. The van der Waals surface area contributed by atoms with E-state index in [0.29, 0.717) is 16.8 Å². The van der Waals surface area contributed by atoms with Crippen LogP contribution in [0, 0.1) is 18.3 Å². The number of ether oxygens (including phenoxy) is 1. The number of benzene rings is 1. The lowest BCUT2D eigenvalue weighted by Crippen LogP contribution is -2.16. The average molecular weight is 229 g/mol. The Hall–Kier alpha value is -2.48. The van der Waals surface area contributed by atoms with Gasteiger partial charge in [-0.2, -0.15) is 5.26 Å². The van der Waals surface area contributed by atoms with E-state index in [4.69, 9.17) is 15.7 Å². The SMILES string of the molecule is Cc1c(C#N)c2cccc(OC(N)=O)c2n1C. The molecule has 0 aliphatic heterocycles. The van der Waals surface area contributed by atoms with Gasteiger partial charge in [0.05, 0.1) is 11.1 Å². The Morgan fingerprint density at radius 2 is 2.24 bits per heavy atom. The van der Waals surface area contributed by atoms with Crippen LogP contribution in [-0.2, 0) is 7.05 Å². The minimum Gasteiger partial charge on any atom is -0.408 e. The second-order valence-electron chi connectivity index (χ2n) is 3.70. The van der Waals surface area contributed by atoms with Crippen molar-refractivity contribution in [1.82, 2.24) is 4.57 Å². The minimum absolute atomic E-state index is 0.363. The predicted molar refractivity (Wildman–Crippen MR) is 62.6 cm³/mol. The molecule has 0 aliphatic rings. The Kier molecular flexibility index (Phi) is 2.48. The van der Waals surface area contributed by atoms with Gasteiger partial charge in [0.1, 0.15) is 6.07 Å². The van der Waals surface area contributed by atoms with Gasteiger partial charge in [0.2, 0.25) is 0 Å². The normalized spacial score (nSPS) is 10.2. The molecule has 2 rings (SSSR count). The van der Waals surface area contributed by atoms with Crippen LogP contribution in [-0.4, -0.2) is 10.7 Å². The smallest absolute Gasteiger partial charge is 0.408 e. The highest BCUT2D eigenvalue weighted by atomic mass is 16.5. The van der Waals surface area contributed by atoms with Crippen LogP contribution in [0.4, 0.5) is 4.79 Å². The zero-order chi connectivity index (χ0) is 12.6. The van der Waals surface area contributed by atoms with Crippen molar-refractivity contribution in [2.45, 2.75) is 6.92 Å². The molecule has 1 amide bonds. The molecule has 0 unspecified atom stereocenters. The summed E-state index contributed by atoms with van der Waals surface area (Å²) >= 11 is 0. The fourth-order valence-electron chi connectivity index (χ4n) is 1.93. The number of amides is 1. The van der Waals surface area contributed by atoms with Gasteiger partial charge in [-0.1, -0.05) is 12.1 Å². The van der Waals surface area contributed by atoms with E-state index >= 15 is 0 Å². The van der Waals surface area contributed by atoms with Gasteiger partial charge < -0.3 is 15.0 Å². The van der Waals surface area contributed by atoms with Gasteiger partial charge in [-0.25, -0.2) is 4.79 Å². The molecule has 5 nitrogen and oxygen atoms in total. The molecule has 1 heterocycles. The number of nitrogens with two attached hydrogens (primary N) is 1. The van der Waals surface area contributed by atoms with Gasteiger partial charge in [0.15, 0.2) is 5.75 Å². The van der Waals surface area contributed by atoms with Crippen molar-refractivity contribution in [3.63, 3.8) is 0 Å². The molecule has 2 N–H and O–H groups in total. The van der Waals surface area contributed by atoms with Crippen molar-refractivity contribution >= 4 is 17.0 Å². The number of carbonyl (C=O) groups is 1. The zero-order valence-electron chi connectivity index (χ0n) is 9.52. The number of aryl methyl sites for hydroxylation is 1. The molecule has 0 aliphatic carbocycles. The highest BCUT2D eigenvalue weighted by molar-refractivity contribution is 5.93. The number of nitriles is 1. The Morgan fingerprint density at radius 1 is 1.53 bits per heavy atom. The van der Waals surface area contributed by atoms with Crippen LogP contribution in [0.2, 0.25) is 0 Å². The molecule has 2 aromatic rings. The van der Waals surface area contributed by atoms with Crippen molar-refractivity contribution < 1.29 is 9.53 Å². The summed E-state index contributed by atoms with van der Waals surface area (Å²) < 4.78 is 6.74. The molecular weight excluding hydrogens is 218 g/mol. The third kappa shape index (κ3) is 1.60. The molecular formula is C12H11N3O2. The number of rotatable bonds is 1. The lowest BCUT2D eigenvalue weighted by Gasteiger charge is -2.05. The number of para-hydroxylation sites is 1. The van der Waals surface area contributed by atoms with Gasteiger partial charge in [-0.05, 0) is 13.0 Å². The molecule has 0 spiro atoms. The monoisotopic (exact) mass is 229 g/mol. The first-order chi connectivity index (χ1) is 8.06. The number of primary amides is 1. The molecule has 1 aromatic carbocycles. The molecule has 0 fully saturated rings. The molecule has 0 radical (unpaired) electrons. The van der Waals surface area contributed by atoms with Crippen LogP contribution in [0.25, 0.3) is 10.9 Å². The number of hydrogen-bond donors (Lipinski definition) is 1. The molecule has 17 heavy (non-hydrogen) atoms. The lowest BCUT2D eigenvalue weighted by molar-refractivity contribution is 0.211. The summed E-state index contributed by atoms with van der Waals surface area (Å²) in [4.78, 5) is 10.8. The van der Waals surface area contributed by atoms with Crippen LogP contribution in [0.1, 0.15) is 11.3 Å². The van der Waals surface area contributed by atoms with E-state index < -0.39 is 6.09 Å². The van der Waals surface area contributed by atoms with Crippen LogP contribution in [0.15, 0.2) is 18.2 Å². The third-order valence-corrected chi connectivity index (χ3v) is 2.79. The van der Waals surface area contributed by atoms with E-state index in [2.05, 4.69) is 6.07 Å². The van der Waals surface area contributed by atoms with Gasteiger partial charge in [0, 0.05) is 18.1 Å². The number of carbonyl (C=O) groups excluding carboxylic acids is 1. The molecule has 5 heteroatoms. The van der Waals surface area contributed by atoms with Gasteiger partial charge in [-0.15, -0.1) is 0 Å². The quantitative estimate of drug-likeness (QED) is 0.809. The summed E-state index contributed by atoms with van der Waals surface area (Å²) in [6.45, 7) is 1.84. The van der Waals surface area contributed by atoms with Crippen LogP contribution in [0.3, 0.4) is 0 Å². The fourth-order valence-corrected chi connectivity index (χ4v) is 1.93. The van der Waals surface area contributed by atoms with Crippen LogP contribution in [0.5, 0.6) is 5.75 Å². The second-order valence-corrected chi connectivity index (χ2v) is 3.70. The first kappa shape index (κ1) is 11.0. The third-order valence-electron chi connectivity index (χ3n) is 2.79. The van der Waals surface area contributed by atoms with E-state index in [0.717, 1.165) is 11.1 Å². The summed E-state index contributed by atoms with van der Waals surface area (Å²) in [6.07, 6.45) is -0.866. The first-order valence-electron chi connectivity index (χ1n) is 5.01. The molecule has 0 saturated carbocycles. The van der Waals surface area contributed by atoms with Gasteiger partial charge in [-0.3, -0.25) is 0 Å². The predicted octanol–water partition coefficient (Wildman–Crippen LogP) is 1.82. The first-order valence-corrected chi connectivity index (χ1v) is 5.01. The largest absolute Gasteiger partial charge is 0.410 e. The van der Waals surface area contributed by atoms with Crippen molar-refractivity contribution in [2.75, 3.05) is 0 Å². The molecule has 0 saturated heterocycles. The number of aromatic nitrogens is 1. The minimum atomic E-state index is -0.866. The van der Waals surface area contributed by atoms with Crippen LogP contribution >= 0.6 is 0 Å². The highest BCUT2D eigenvalue weighted by Crippen LogP contribution is 2.31. The molecule has 1 aromatic heterocycles. The van der Waals surface area contributed by atoms with E-state index in [9.17, 15) is 4.79 Å². The summed E-state index contributed by atoms with van der Waals surface area (Å²) in [5.74, 6) is 0.363. The molecule has 0 bridgehead atoms. The van der Waals surface area contributed by atoms with E-state index in [1.165, 1.54) is 0 Å². The Bertz CT molecular complexity index is 650. The van der Waals surface area contributed by atoms with Gasteiger partial charge >= 0.3 is 6.09 Å². The maximum atomic E-state index is 10.8. The summed E-state index contributed by atoms with van der Waals surface area (Å²) in [6, 6.07) is 7.33. The fraction of sp³-hybridized carbons (Fsp3) is 0.167. The van der Waals surface area contributed by atoms with E-state index in [1.807, 2.05) is 24.6 Å². The van der Waals surface area contributed by atoms with E-state index in [-0.39, 0.29) is 0 Å². The second kappa shape index (κ2) is 3.83. The van der Waals surface area contributed by atoms with Gasteiger partial charge in [0.25, 0.3) is 0 Å². The number of hydrogen-bond acceptors (Lipinski definition) is 3. The maximum Gasteiger partial charge on any atom is 0.410 e. The molecule has 86 valence electrons. The van der Waals surface area contributed by atoms with E-state index in [1.54, 1.807) is 12.1 Å². The zero-order valence-corrected chi connectivity index (χ0v) is 9.52. The lowest BCUT2D eigenvalue weighted by atomic mass is 10.1. The Balaban J connectivity index is 2.82. The van der Waals surface area contributed by atoms with Crippen molar-refractivity contribution in [3.05, 3.63) is 29.5 Å². The number of nitrogens with zero attached hydrogens (tertiary/aromatic N) is 2. The van der Waals surface area contributed by atoms with Crippen molar-refractivity contribution in [2.24, 2.45) is 12.8 Å². The standard InChI is InChI=1S/C12H11N3O2/c1-7-9(6-13)8-4-3-5-10(17-12(14)16)11(8)15(7)2/h3-5H,1-2H3,(H2,14,16). The number of fused-ring (bicyclic) bond motifs is 1. The topological polar surface area (TPSA) is 81.0 Å². The summed E-state index contributed by atoms with van der Waals surface area (Å²) in [7, 11) is 1.81. The highest BCUT2D eigenvalue weighted by Gasteiger charge is 2.15. The average Bonchev–Trinajstić information content (AvgIpc) is 2.52. The summed E-state index contributed by atoms with van der Waals surface area (Å²) in [5, 5.41) is 9.86. The molecule has 0 atom stereocenters. The summed E-state index contributed by atoms with van der Waals surface area (Å²) in [5.41, 5.74) is 7.11. The van der Waals surface area contributed by atoms with Crippen molar-refractivity contribution in [3.8, 4) is 11.8 Å². The van der Waals surface area contributed by atoms with Crippen molar-refractivity contribution in [1.29, 1.82) is 5.26 Å². The Labute approximate surface area is 98.0 Å². The van der Waals surface area contributed by atoms with Crippen LogP contribution < -0.4 is 10.5 Å².